The molecule has 2 amide bonds. The topological polar surface area (TPSA) is 187 Å². The largest absolute Gasteiger partial charge is 0.456 e. The molecule has 1 aromatic rings. The Kier molecular flexibility index (Phi) is 13.3. The van der Waals surface area contributed by atoms with Crippen LogP contribution in [0.1, 0.15) is 52.0 Å². The summed E-state index contributed by atoms with van der Waals surface area (Å²) < 4.78 is 34.0. The average molecular weight is 597 g/mol. The Balaban J connectivity index is 2.24. The summed E-state index contributed by atoms with van der Waals surface area (Å²) in [5.74, 6) is 0.334. The van der Waals surface area contributed by atoms with Gasteiger partial charge in [-0.05, 0) is 37.0 Å². The highest BCUT2D eigenvalue weighted by atomic mass is 31.2. The van der Waals surface area contributed by atoms with E-state index in [-0.39, 0.29) is 18.9 Å². The second-order valence-electron chi connectivity index (χ2n) is 9.56. The lowest BCUT2D eigenvalue weighted by Gasteiger charge is -2.45. The summed E-state index contributed by atoms with van der Waals surface area (Å²) in [6, 6.07) is 6.36. The minimum atomic E-state index is -4.46. The highest BCUT2D eigenvalue weighted by molar-refractivity contribution is 7.51. The molecule has 1 fully saturated rings. The van der Waals surface area contributed by atoms with Gasteiger partial charge in [0.25, 0.3) is 0 Å². The number of esters is 3. The number of rotatable bonds is 13. The molecule has 4 N–H and O–H groups in total. The zero-order valence-corrected chi connectivity index (χ0v) is 24.1. The summed E-state index contributed by atoms with van der Waals surface area (Å²) in [4.78, 5) is 66.8. The molecule has 13 nitrogen and oxygen atoms in total. The second-order valence-corrected chi connectivity index (χ2v) is 11.3. The average Bonchev–Trinajstić information content (AvgIpc) is 2.86. The van der Waals surface area contributed by atoms with Crippen LogP contribution < -0.4 is 10.6 Å². The Hall–Kier alpha value is -3.43. The third-order valence-corrected chi connectivity index (χ3v) is 6.86. The van der Waals surface area contributed by atoms with Gasteiger partial charge in [-0.15, -0.1) is 12.3 Å². The van der Waals surface area contributed by atoms with Gasteiger partial charge in [-0.3, -0.25) is 18.9 Å². The van der Waals surface area contributed by atoms with Crippen LogP contribution in [-0.2, 0) is 44.3 Å². The Morgan fingerprint density at radius 2 is 1.49 bits per heavy atom. The molecule has 226 valence electrons. The summed E-state index contributed by atoms with van der Waals surface area (Å²) in [5, 5.41) is 5.46. The zero-order valence-electron chi connectivity index (χ0n) is 23.2. The highest BCUT2D eigenvalue weighted by Crippen LogP contribution is 2.39. The van der Waals surface area contributed by atoms with E-state index < -0.39 is 62.2 Å². The second kappa shape index (κ2) is 16.1. The number of anilines is 1. The van der Waals surface area contributed by atoms with Gasteiger partial charge in [-0.2, -0.15) is 0 Å². The van der Waals surface area contributed by atoms with Crippen LogP contribution in [0.25, 0.3) is 0 Å². The summed E-state index contributed by atoms with van der Waals surface area (Å²) in [5.41, 5.74) is 1.21. The SMILES string of the molecule is C#CCCCCNC(=O)Nc1ccc(C[C@H]2O[C@H](CCP(=O)(O)O)[C@@H](OC(C)=O)[C@H](OC(C)=O)[C@@H]2OC(C)=O)cc1. The van der Waals surface area contributed by atoms with Crippen LogP contribution in [0.15, 0.2) is 24.3 Å². The maximum Gasteiger partial charge on any atom is 0.325 e. The Bertz CT molecular complexity index is 1140. The molecule has 0 radical (unpaired) electrons. The van der Waals surface area contributed by atoms with Crippen LogP contribution in [-0.4, -0.2) is 77.0 Å². The highest BCUT2D eigenvalue weighted by Gasteiger charge is 2.51. The van der Waals surface area contributed by atoms with Crippen molar-refractivity contribution in [2.75, 3.05) is 18.0 Å². The molecule has 5 atom stereocenters. The van der Waals surface area contributed by atoms with Crippen molar-refractivity contribution in [2.24, 2.45) is 0 Å². The van der Waals surface area contributed by atoms with Crippen LogP contribution in [0.4, 0.5) is 10.5 Å². The minimum Gasteiger partial charge on any atom is -0.456 e. The lowest BCUT2D eigenvalue weighted by Crippen LogP contribution is -2.61. The Morgan fingerprint density at radius 3 is 2.02 bits per heavy atom. The monoisotopic (exact) mass is 596 g/mol. The van der Waals surface area contributed by atoms with Crippen molar-refractivity contribution in [2.45, 2.75) is 83.4 Å². The number of hydrogen-bond acceptors (Lipinski definition) is 9. The third kappa shape index (κ3) is 12.3. The van der Waals surface area contributed by atoms with Crippen molar-refractivity contribution < 1.29 is 52.5 Å². The van der Waals surface area contributed by atoms with E-state index in [2.05, 4.69) is 16.6 Å². The maximum atomic E-state index is 12.1. The van der Waals surface area contributed by atoms with E-state index in [1.807, 2.05) is 0 Å². The van der Waals surface area contributed by atoms with Crippen molar-refractivity contribution in [1.82, 2.24) is 5.32 Å². The lowest BCUT2D eigenvalue weighted by molar-refractivity contribution is -0.246. The van der Waals surface area contributed by atoms with Crippen LogP contribution in [0.5, 0.6) is 0 Å². The molecule has 1 saturated heterocycles. The van der Waals surface area contributed by atoms with Gasteiger partial charge in [0.15, 0.2) is 18.3 Å². The Morgan fingerprint density at radius 1 is 0.927 bits per heavy atom. The standard InChI is InChI=1S/C27H37N2O11P/c1-5-6-7-8-14-28-27(33)29-21-11-9-20(10-12-21)16-23-25(38-18(3)31)26(39-19(4)32)24(37-17(2)30)22(40-23)13-15-41(34,35)36/h1,9-12,22-26H,6-8,13-16H2,2-4H3,(H2,28,29,33)(H2,34,35,36)/t22-,23-,24-,25-,26+/m1/s1. The summed E-state index contributed by atoms with van der Waals surface area (Å²) >= 11 is 0. The number of terminal acetylenes is 1. The molecule has 0 bridgehead atoms. The van der Waals surface area contributed by atoms with Crippen molar-refractivity contribution in [3.05, 3.63) is 29.8 Å². The van der Waals surface area contributed by atoms with Gasteiger partial charge in [0, 0.05) is 45.8 Å². The number of carbonyl (C=O) groups is 4. The Labute approximate surface area is 238 Å². The summed E-state index contributed by atoms with van der Waals surface area (Å²) in [6.07, 6.45) is 0.900. The van der Waals surface area contributed by atoms with E-state index in [1.54, 1.807) is 24.3 Å². The molecule has 14 heteroatoms. The number of carbonyl (C=O) groups excluding carboxylic acids is 4. The summed E-state index contributed by atoms with van der Waals surface area (Å²) in [6.45, 7) is 3.88. The van der Waals surface area contributed by atoms with Crippen LogP contribution >= 0.6 is 7.60 Å². The number of unbranched alkanes of at least 4 members (excludes halogenated alkanes) is 2. The molecule has 41 heavy (non-hydrogen) atoms. The van der Waals surface area contributed by atoms with Crippen LogP contribution in [0.3, 0.4) is 0 Å². The lowest BCUT2D eigenvalue weighted by atomic mass is 9.89. The predicted molar refractivity (Wildman–Crippen MR) is 147 cm³/mol. The number of benzene rings is 1. The van der Waals surface area contributed by atoms with E-state index in [1.165, 1.54) is 0 Å². The van der Waals surface area contributed by atoms with Gasteiger partial charge in [-0.1, -0.05) is 12.1 Å². The van der Waals surface area contributed by atoms with Crippen molar-refractivity contribution in [3.8, 4) is 12.3 Å². The fourth-order valence-electron chi connectivity index (χ4n) is 4.36. The first-order valence-corrected chi connectivity index (χ1v) is 14.9. The van der Waals surface area contributed by atoms with E-state index in [4.69, 9.17) is 25.4 Å². The van der Waals surface area contributed by atoms with Gasteiger partial charge in [0.1, 0.15) is 6.10 Å². The van der Waals surface area contributed by atoms with Crippen molar-refractivity contribution in [1.29, 1.82) is 0 Å². The molecule has 0 aliphatic carbocycles. The molecule has 0 aromatic heterocycles. The quantitative estimate of drug-likeness (QED) is 0.0860. The first-order valence-electron chi connectivity index (χ1n) is 13.1. The fraction of sp³-hybridized carbons (Fsp3) is 0.556. The number of urea groups is 1. The number of hydrogen-bond donors (Lipinski definition) is 4. The molecule has 0 spiro atoms. The van der Waals surface area contributed by atoms with E-state index in [9.17, 15) is 33.5 Å². The van der Waals surface area contributed by atoms with Gasteiger partial charge in [-0.25, -0.2) is 4.79 Å². The molecule has 1 aliphatic rings. The molecule has 0 saturated carbocycles. The molecule has 1 aromatic carbocycles. The molecule has 1 aliphatic heterocycles. The molecule has 2 rings (SSSR count). The summed E-state index contributed by atoms with van der Waals surface area (Å²) in [7, 11) is -4.46. The number of nitrogens with one attached hydrogen (secondary N) is 2. The van der Waals surface area contributed by atoms with E-state index >= 15 is 0 Å². The first kappa shape index (κ1) is 33.8. The normalized spacial score (nSPS) is 22.1. The van der Waals surface area contributed by atoms with Crippen molar-refractivity contribution in [3.63, 3.8) is 0 Å². The fourth-order valence-corrected chi connectivity index (χ4v) is 4.95. The first-order chi connectivity index (χ1) is 19.3. The molecular formula is C27H37N2O11P. The predicted octanol–water partition coefficient (Wildman–Crippen LogP) is 2.28. The molecule has 1 heterocycles. The third-order valence-electron chi connectivity index (χ3n) is 6.02. The zero-order chi connectivity index (χ0) is 30.6. The van der Waals surface area contributed by atoms with E-state index in [0.29, 0.717) is 24.2 Å². The molecule has 0 unspecified atom stereocenters. The van der Waals surface area contributed by atoms with Gasteiger partial charge < -0.3 is 39.4 Å². The maximum absolute atomic E-state index is 12.1. The number of amides is 2. The van der Waals surface area contributed by atoms with Gasteiger partial charge in [0.05, 0.1) is 12.3 Å². The van der Waals surface area contributed by atoms with Crippen LogP contribution in [0.2, 0.25) is 0 Å². The van der Waals surface area contributed by atoms with E-state index in [0.717, 1.165) is 33.6 Å². The van der Waals surface area contributed by atoms with Crippen LogP contribution in [0, 0.1) is 12.3 Å². The minimum absolute atomic E-state index is 0.122. The van der Waals surface area contributed by atoms with Gasteiger partial charge >= 0.3 is 31.5 Å². The number of ether oxygens (including phenoxy) is 4. The molecular weight excluding hydrogens is 559 g/mol. The van der Waals surface area contributed by atoms with Gasteiger partial charge in [0.2, 0.25) is 0 Å². The smallest absolute Gasteiger partial charge is 0.325 e. The van der Waals surface area contributed by atoms with Crippen molar-refractivity contribution >= 4 is 37.2 Å².